The Morgan fingerprint density at radius 1 is 1.20 bits per heavy atom. The van der Waals surface area contributed by atoms with Crippen molar-refractivity contribution in [2.24, 2.45) is 11.8 Å². The SMILES string of the molecule is CC(C)CNC(=O)C1CCN(c2nnc(N3CCCCC3=O)s2)CC1. The zero-order valence-corrected chi connectivity index (χ0v) is 15.8. The van der Waals surface area contributed by atoms with Crippen molar-refractivity contribution in [3.8, 4) is 0 Å². The van der Waals surface area contributed by atoms with Gasteiger partial charge in [0.25, 0.3) is 0 Å². The maximum absolute atomic E-state index is 12.2. The van der Waals surface area contributed by atoms with Gasteiger partial charge in [-0.05, 0) is 31.6 Å². The van der Waals surface area contributed by atoms with Gasteiger partial charge in [0.15, 0.2) is 0 Å². The number of nitrogens with one attached hydrogen (secondary N) is 1. The molecule has 138 valence electrons. The molecule has 1 N–H and O–H groups in total. The summed E-state index contributed by atoms with van der Waals surface area (Å²) in [5.74, 6) is 0.882. The number of aromatic nitrogens is 2. The minimum atomic E-state index is 0.0889. The molecular formula is C17H27N5O2S. The molecule has 2 aliphatic heterocycles. The van der Waals surface area contributed by atoms with Crippen molar-refractivity contribution in [2.75, 3.05) is 36.0 Å². The van der Waals surface area contributed by atoms with E-state index in [1.807, 2.05) is 0 Å². The molecule has 2 fully saturated rings. The molecule has 0 spiro atoms. The lowest BCUT2D eigenvalue weighted by molar-refractivity contribution is -0.125. The van der Waals surface area contributed by atoms with E-state index in [9.17, 15) is 9.59 Å². The molecule has 0 bridgehead atoms. The normalized spacial score (nSPS) is 19.6. The monoisotopic (exact) mass is 365 g/mol. The number of hydrogen-bond acceptors (Lipinski definition) is 6. The van der Waals surface area contributed by atoms with Crippen LogP contribution >= 0.6 is 11.3 Å². The lowest BCUT2D eigenvalue weighted by Crippen LogP contribution is -2.41. The van der Waals surface area contributed by atoms with E-state index in [0.717, 1.165) is 57.0 Å². The molecule has 7 nitrogen and oxygen atoms in total. The Morgan fingerprint density at radius 3 is 2.60 bits per heavy atom. The summed E-state index contributed by atoms with van der Waals surface area (Å²) in [4.78, 5) is 28.2. The summed E-state index contributed by atoms with van der Waals surface area (Å²) in [7, 11) is 0. The summed E-state index contributed by atoms with van der Waals surface area (Å²) in [6, 6.07) is 0. The number of hydrogen-bond donors (Lipinski definition) is 1. The Bertz CT molecular complexity index is 610. The first-order valence-electron chi connectivity index (χ1n) is 9.21. The van der Waals surface area contributed by atoms with Crippen molar-refractivity contribution in [1.82, 2.24) is 15.5 Å². The number of piperidine rings is 2. The summed E-state index contributed by atoms with van der Waals surface area (Å²) in [5.41, 5.74) is 0. The van der Waals surface area contributed by atoms with Crippen LogP contribution in [0.3, 0.4) is 0 Å². The second kappa shape index (κ2) is 8.12. The van der Waals surface area contributed by atoms with E-state index in [4.69, 9.17) is 0 Å². The first-order chi connectivity index (χ1) is 12.0. The van der Waals surface area contributed by atoms with Gasteiger partial charge >= 0.3 is 0 Å². The Labute approximate surface area is 152 Å². The first-order valence-corrected chi connectivity index (χ1v) is 10.0. The Kier molecular flexibility index (Phi) is 5.88. The van der Waals surface area contributed by atoms with Gasteiger partial charge in [-0.3, -0.25) is 14.5 Å². The fourth-order valence-corrected chi connectivity index (χ4v) is 4.18. The average Bonchev–Trinajstić information content (AvgIpc) is 3.10. The van der Waals surface area contributed by atoms with E-state index in [0.29, 0.717) is 17.5 Å². The summed E-state index contributed by atoms with van der Waals surface area (Å²) in [6.45, 7) is 7.30. The zero-order chi connectivity index (χ0) is 17.8. The maximum Gasteiger partial charge on any atom is 0.228 e. The quantitative estimate of drug-likeness (QED) is 0.864. The Balaban J connectivity index is 1.53. The van der Waals surface area contributed by atoms with E-state index >= 15 is 0 Å². The van der Waals surface area contributed by atoms with Crippen molar-refractivity contribution in [2.45, 2.75) is 46.0 Å². The summed E-state index contributed by atoms with van der Waals surface area (Å²) < 4.78 is 0. The molecule has 25 heavy (non-hydrogen) atoms. The minimum Gasteiger partial charge on any atom is -0.356 e. The molecule has 3 heterocycles. The van der Waals surface area contributed by atoms with E-state index in [1.165, 1.54) is 11.3 Å². The van der Waals surface area contributed by atoms with Crippen LogP contribution in [0.4, 0.5) is 10.3 Å². The van der Waals surface area contributed by atoms with Crippen LogP contribution in [0.2, 0.25) is 0 Å². The summed E-state index contributed by atoms with van der Waals surface area (Å²) in [6.07, 6.45) is 4.26. The first kappa shape index (κ1) is 18.1. The van der Waals surface area contributed by atoms with Crippen LogP contribution in [0.5, 0.6) is 0 Å². The van der Waals surface area contributed by atoms with Crippen LogP contribution in [-0.2, 0) is 9.59 Å². The summed E-state index contributed by atoms with van der Waals surface area (Å²) in [5, 5.41) is 13.1. The van der Waals surface area contributed by atoms with Crippen LogP contribution in [0.1, 0.15) is 46.0 Å². The highest BCUT2D eigenvalue weighted by molar-refractivity contribution is 7.19. The number of amides is 2. The number of nitrogens with zero attached hydrogens (tertiary/aromatic N) is 4. The molecule has 1 aromatic rings. The van der Waals surface area contributed by atoms with Gasteiger partial charge in [0.2, 0.25) is 22.1 Å². The van der Waals surface area contributed by atoms with Crippen molar-refractivity contribution in [3.05, 3.63) is 0 Å². The van der Waals surface area contributed by atoms with Crippen molar-refractivity contribution < 1.29 is 9.59 Å². The van der Waals surface area contributed by atoms with Gasteiger partial charge in [-0.1, -0.05) is 25.2 Å². The fraction of sp³-hybridized carbons (Fsp3) is 0.765. The smallest absolute Gasteiger partial charge is 0.228 e. The third kappa shape index (κ3) is 4.48. The van der Waals surface area contributed by atoms with Crippen LogP contribution in [0.25, 0.3) is 0 Å². The fourth-order valence-electron chi connectivity index (χ4n) is 3.24. The Morgan fingerprint density at radius 2 is 1.92 bits per heavy atom. The van der Waals surface area contributed by atoms with Gasteiger partial charge in [0, 0.05) is 38.5 Å². The Hall–Kier alpha value is -1.70. The second-order valence-corrected chi connectivity index (χ2v) is 8.20. The summed E-state index contributed by atoms with van der Waals surface area (Å²) >= 11 is 1.48. The van der Waals surface area contributed by atoms with Gasteiger partial charge in [-0.25, -0.2) is 0 Å². The van der Waals surface area contributed by atoms with Gasteiger partial charge in [-0.15, -0.1) is 10.2 Å². The van der Waals surface area contributed by atoms with E-state index in [1.54, 1.807) is 4.90 Å². The molecule has 0 atom stereocenters. The number of carbonyl (C=O) groups is 2. The van der Waals surface area contributed by atoms with Gasteiger partial charge in [0.05, 0.1) is 0 Å². The standard InChI is InChI=1S/C17H27N5O2S/c1-12(2)11-18-15(24)13-6-9-21(10-7-13)16-19-20-17(25-16)22-8-4-3-5-14(22)23/h12-13H,3-11H2,1-2H3,(H,18,24). The van der Waals surface area contributed by atoms with Crippen LogP contribution in [-0.4, -0.2) is 48.2 Å². The van der Waals surface area contributed by atoms with Crippen molar-refractivity contribution in [1.29, 1.82) is 0 Å². The predicted molar refractivity (Wildman–Crippen MR) is 98.9 cm³/mol. The molecule has 2 saturated heterocycles. The van der Waals surface area contributed by atoms with Crippen LogP contribution < -0.4 is 15.1 Å². The maximum atomic E-state index is 12.2. The lowest BCUT2D eigenvalue weighted by atomic mass is 9.96. The van der Waals surface area contributed by atoms with Gasteiger partial charge < -0.3 is 10.2 Å². The van der Waals surface area contributed by atoms with E-state index in [-0.39, 0.29) is 17.7 Å². The molecule has 0 saturated carbocycles. The molecule has 0 aliphatic carbocycles. The van der Waals surface area contributed by atoms with E-state index < -0.39 is 0 Å². The highest BCUT2D eigenvalue weighted by Crippen LogP contribution is 2.31. The molecule has 1 aromatic heterocycles. The molecular weight excluding hydrogens is 338 g/mol. The number of carbonyl (C=O) groups excluding carboxylic acids is 2. The molecule has 0 aromatic carbocycles. The topological polar surface area (TPSA) is 78.4 Å². The largest absolute Gasteiger partial charge is 0.356 e. The van der Waals surface area contributed by atoms with E-state index in [2.05, 4.69) is 34.3 Å². The van der Waals surface area contributed by atoms with Gasteiger partial charge in [0.1, 0.15) is 0 Å². The zero-order valence-electron chi connectivity index (χ0n) is 15.0. The van der Waals surface area contributed by atoms with Crippen LogP contribution in [0.15, 0.2) is 0 Å². The third-order valence-corrected chi connectivity index (χ3v) is 5.79. The van der Waals surface area contributed by atoms with Crippen LogP contribution in [0, 0.1) is 11.8 Å². The third-order valence-electron chi connectivity index (χ3n) is 4.78. The highest BCUT2D eigenvalue weighted by atomic mass is 32.1. The number of anilines is 2. The molecule has 8 heteroatoms. The van der Waals surface area contributed by atoms with Crippen molar-refractivity contribution in [3.63, 3.8) is 0 Å². The molecule has 3 rings (SSSR count). The molecule has 0 unspecified atom stereocenters. The molecule has 2 aliphatic rings. The lowest BCUT2D eigenvalue weighted by Gasteiger charge is -2.30. The molecule has 2 amide bonds. The molecule has 0 radical (unpaired) electrons. The second-order valence-electron chi connectivity index (χ2n) is 7.27. The highest BCUT2D eigenvalue weighted by Gasteiger charge is 2.28. The number of rotatable bonds is 5. The predicted octanol–water partition coefficient (Wildman–Crippen LogP) is 2.04. The van der Waals surface area contributed by atoms with Crippen molar-refractivity contribution >= 4 is 33.4 Å². The average molecular weight is 366 g/mol. The minimum absolute atomic E-state index is 0.0889. The van der Waals surface area contributed by atoms with Gasteiger partial charge in [-0.2, -0.15) is 0 Å².